The van der Waals surface area contributed by atoms with Crippen LogP contribution in [0.5, 0.6) is 17.2 Å². The Hall–Kier alpha value is -3.03. The second-order valence-corrected chi connectivity index (χ2v) is 7.20. The van der Waals surface area contributed by atoms with Crippen LogP contribution in [0.4, 0.5) is 5.82 Å². The van der Waals surface area contributed by atoms with Gasteiger partial charge in [-0.3, -0.25) is 4.79 Å². The van der Waals surface area contributed by atoms with E-state index in [0.29, 0.717) is 30.3 Å². The van der Waals surface area contributed by atoms with Crippen LogP contribution in [0.15, 0.2) is 24.3 Å². The number of amides is 1. The number of nitrogens with zero attached hydrogens (tertiary/aromatic N) is 4. The van der Waals surface area contributed by atoms with Crippen molar-refractivity contribution in [2.75, 3.05) is 44.5 Å². The van der Waals surface area contributed by atoms with Crippen molar-refractivity contribution < 1.29 is 19.0 Å². The highest BCUT2D eigenvalue weighted by atomic mass is 16.7. The zero-order valence-corrected chi connectivity index (χ0v) is 15.6. The molecular formula is C20H22N4O4. The van der Waals surface area contributed by atoms with Gasteiger partial charge in [0.25, 0.3) is 5.91 Å². The Balaban J connectivity index is 1.14. The number of aryl methyl sites for hydroxylation is 2. The maximum Gasteiger partial charge on any atom is 0.260 e. The first-order chi connectivity index (χ1) is 13.8. The molecule has 8 heteroatoms. The minimum atomic E-state index is -0.0163. The zero-order chi connectivity index (χ0) is 18.9. The molecule has 2 aliphatic heterocycles. The predicted molar refractivity (Wildman–Crippen MR) is 101 cm³/mol. The minimum absolute atomic E-state index is 0.0122. The lowest BCUT2D eigenvalue weighted by atomic mass is 10.2. The molecule has 1 amide bonds. The fraction of sp³-hybridized carbons (Fsp3) is 0.450. The van der Waals surface area contributed by atoms with Gasteiger partial charge in [-0.25, -0.2) is 0 Å². The molecule has 1 aromatic heterocycles. The summed E-state index contributed by atoms with van der Waals surface area (Å²) in [7, 11) is 0. The van der Waals surface area contributed by atoms with Crippen molar-refractivity contribution in [3.8, 4) is 17.2 Å². The monoisotopic (exact) mass is 382 g/mol. The van der Waals surface area contributed by atoms with E-state index in [1.807, 2.05) is 4.90 Å². The van der Waals surface area contributed by atoms with Crippen LogP contribution in [-0.2, 0) is 17.6 Å². The lowest BCUT2D eigenvalue weighted by Gasteiger charge is -2.35. The molecule has 1 aliphatic carbocycles. The van der Waals surface area contributed by atoms with E-state index in [1.54, 1.807) is 18.2 Å². The molecule has 3 aliphatic rings. The summed E-state index contributed by atoms with van der Waals surface area (Å²) in [5, 5.41) is 8.74. The minimum Gasteiger partial charge on any atom is -0.484 e. The lowest BCUT2D eigenvalue weighted by Crippen LogP contribution is -2.50. The Morgan fingerprint density at radius 3 is 2.79 bits per heavy atom. The highest BCUT2D eigenvalue weighted by Gasteiger charge is 2.24. The SMILES string of the molecule is O=C(COc1ccc2c(c1)OCO2)N1CCN(c2cc3c(nn2)CCC3)CC1. The molecule has 0 saturated carbocycles. The molecule has 146 valence electrons. The van der Waals surface area contributed by atoms with E-state index < -0.39 is 0 Å². The molecule has 5 rings (SSSR count). The summed E-state index contributed by atoms with van der Waals surface area (Å²) in [6.45, 7) is 3.05. The summed E-state index contributed by atoms with van der Waals surface area (Å²) < 4.78 is 16.3. The Morgan fingerprint density at radius 2 is 1.89 bits per heavy atom. The highest BCUT2D eigenvalue weighted by molar-refractivity contribution is 5.78. The summed E-state index contributed by atoms with van der Waals surface area (Å²) in [6.07, 6.45) is 3.29. The lowest BCUT2D eigenvalue weighted by molar-refractivity contribution is -0.133. The summed E-state index contributed by atoms with van der Waals surface area (Å²) in [5.74, 6) is 2.85. The number of hydrogen-bond donors (Lipinski definition) is 0. The maximum atomic E-state index is 12.5. The highest BCUT2D eigenvalue weighted by Crippen LogP contribution is 2.35. The first-order valence-electron chi connectivity index (χ1n) is 9.67. The van der Waals surface area contributed by atoms with Gasteiger partial charge in [0.1, 0.15) is 5.75 Å². The van der Waals surface area contributed by atoms with Gasteiger partial charge in [0.2, 0.25) is 6.79 Å². The van der Waals surface area contributed by atoms with Gasteiger partial charge in [0, 0.05) is 32.2 Å². The molecule has 0 unspecified atom stereocenters. The molecule has 0 atom stereocenters. The van der Waals surface area contributed by atoms with Crippen LogP contribution in [0.2, 0.25) is 0 Å². The molecular weight excluding hydrogens is 360 g/mol. The third-order valence-electron chi connectivity index (χ3n) is 5.47. The van der Waals surface area contributed by atoms with E-state index >= 15 is 0 Å². The van der Waals surface area contributed by atoms with Crippen molar-refractivity contribution in [1.82, 2.24) is 15.1 Å². The van der Waals surface area contributed by atoms with Gasteiger partial charge < -0.3 is 24.0 Å². The summed E-state index contributed by atoms with van der Waals surface area (Å²) in [5.41, 5.74) is 2.46. The quantitative estimate of drug-likeness (QED) is 0.791. The van der Waals surface area contributed by atoms with Crippen LogP contribution < -0.4 is 19.1 Å². The smallest absolute Gasteiger partial charge is 0.260 e. The van der Waals surface area contributed by atoms with Crippen LogP contribution >= 0.6 is 0 Å². The normalized spacial score (nSPS) is 17.6. The second-order valence-electron chi connectivity index (χ2n) is 7.20. The molecule has 3 heterocycles. The van der Waals surface area contributed by atoms with Crippen molar-refractivity contribution in [1.29, 1.82) is 0 Å². The van der Waals surface area contributed by atoms with Gasteiger partial charge in [-0.05, 0) is 43.0 Å². The number of ether oxygens (including phenoxy) is 3. The maximum absolute atomic E-state index is 12.5. The summed E-state index contributed by atoms with van der Waals surface area (Å²) in [4.78, 5) is 16.5. The molecule has 8 nitrogen and oxygen atoms in total. The Morgan fingerprint density at radius 1 is 1.04 bits per heavy atom. The molecule has 1 fully saturated rings. The van der Waals surface area contributed by atoms with Gasteiger partial charge >= 0.3 is 0 Å². The van der Waals surface area contributed by atoms with Gasteiger partial charge in [0.15, 0.2) is 23.9 Å². The number of benzene rings is 1. The summed E-state index contributed by atoms with van der Waals surface area (Å²) >= 11 is 0. The molecule has 0 radical (unpaired) electrons. The largest absolute Gasteiger partial charge is 0.484 e. The van der Waals surface area contributed by atoms with E-state index in [1.165, 1.54) is 12.0 Å². The van der Waals surface area contributed by atoms with Crippen molar-refractivity contribution in [2.45, 2.75) is 19.3 Å². The van der Waals surface area contributed by atoms with E-state index in [4.69, 9.17) is 14.2 Å². The van der Waals surface area contributed by atoms with Crippen LogP contribution in [0.1, 0.15) is 17.7 Å². The van der Waals surface area contributed by atoms with Crippen molar-refractivity contribution >= 4 is 11.7 Å². The van der Waals surface area contributed by atoms with Gasteiger partial charge in [-0.15, -0.1) is 5.10 Å². The van der Waals surface area contributed by atoms with Crippen LogP contribution in [-0.4, -0.2) is 60.6 Å². The van der Waals surface area contributed by atoms with Crippen LogP contribution in [0.25, 0.3) is 0 Å². The fourth-order valence-electron chi connectivity index (χ4n) is 3.86. The van der Waals surface area contributed by atoms with Crippen molar-refractivity contribution in [3.05, 3.63) is 35.5 Å². The van der Waals surface area contributed by atoms with E-state index in [-0.39, 0.29) is 19.3 Å². The number of carbonyl (C=O) groups excluding carboxylic acids is 1. The summed E-state index contributed by atoms with van der Waals surface area (Å²) in [6, 6.07) is 7.49. The molecule has 0 spiro atoms. The van der Waals surface area contributed by atoms with E-state index in [9.17, 15) is 4.79 Å². The third kappa shape index (κ3) is 3.30. The third-order valence-corrected chi connectivity index (χ3v) is 5.47. The van der Waals surface area contributed by atoms with Gasteiger partial charge in [0.05, 0.1) is 5.69 Å². The van der Waals surface area contributed by atoms with E-state index in [0.717, 1.165) is 37.4 Å². The Kier molecular flexibility index (Phi) is 4.38. The first kappa shape index (κ1) is 17.1. The molecule has 28 heavy (non-hydrogen) atoms. The van der Waals surface area contributed by atoms with Gasteiger partial charge in [-0.1, -0.05) is 0 Å². The fourth-order valence-corrected chi connectivity index (χ4v) is 3.86. The molecule has 1 saturated heterocycles. The number of aromatic nitrogens is 2. The standard InChI is InChI=1S/C20H22N4O4/c25-20(12-26-15-4-5-17-18(11-15)28-13-27-17)24-8-6-23(7-9-24)19-10-14-2-1-3-16(14)21-22-19/h4-5,10-11H,1-3,6-9,12-13H2. The molecule has 0 bridgehead atoms. The average Bonchev–Trinajstić information content (AvgIpc) is 3.40. The number of anilines is 1. The van der Waals surface area contributed by atoms with Gasteiger partial charge in [-0.2, -0.15) is 5.10 Å². The molecule has 1 aromatic carbocycles. The number of rotatable bonds is 4. The second kappa shape index (κ2) is 7.18. The Bertz CT molecular complexity index is 896. The number of fused-ring (bicyclic) bond motifs is 2. The Labute approximate surface area is 163 Å². The first-order valence-corrected chi connectivity index (χ1v) is 9.67. The number of piperazine rings is 1. The average molecular weight is 382 g/mol. The van der Waals surface area contributed by atoms with Crippen molar-refractivity contribution in [3.63, 3.8) is 0 Å². The topological polar surface area (TPSA) is 77.0 Å². The van der Waals surface area contributed by atoms with Crippen molar-refractivity contribution in [2.24, 2.45) is 0 Å². The number of carbonyl (C=O) groups is 1. The van der Waals surface area contributed by atoms with Crippen LogP contribution in [0.3, 0.4) is 0 Å². The van der Waals surface area contributed by atoms with Crippen LogP contribution in [0, 0.1) is 0 Å². The number of hydrogen-bond acceptors (Lipinski definition) is 7. The van der Waals surface area contributed by atoms with E-state index in [2.05, 4.69) is 21.2 Å². The zero-order valence-electron chi connectivity index (χ0n) is 15.6. The predicted octanol–water partition coefficient (Wildman–Crippen LogP) is 1.42. The molecule has 0 N–H and O–H groups in total. The molecule has 2 aromatic rings.